The third kappa shape index (κ3) is 3.82. The van der Waals surface area contributed by atoms with E-state index in [9.17, 15) is 4.79 Å². The van der Waals surface area contributed by atoms with Gasteiger partial charge in [0.05, 0.1) is 13.7 Å². The maximum atomic E-state index is 13.2. The number of ether oxygens (including phenoxy) is 2. The van der Waals surface area contributed by atoms with E-state index in [1.54, 1.807) is 7.11 Å². The van der Waals surface area contributed by atoms with Crippen molar-refractivity contribution in [3.8, 4) is 5.75 Å². The highest BCUT2D eigenvalue weighted by molar-refractivity contribution is 5.95. The summed E-state index contributed by atoms with van der Waals surface area (Å²) in [5.41, 5.74) is 1.67. The number of nitrogens with zero attached hydrogens (tertiary/aromatic N) is 2. The van der Waals surface area contributed by atoms with Crippen molar-refractivity contribution < 1.29 is 14.3 Å². The lowest BCUT2D eigenvalue weighted by Gasteiger charge is -2.33. The normalized spacial score (nSPS) is 24.0. The summed E-state index contributed by atoms with van der Waals surface area (Å²) in [6.45, 7) is 5.08. The van der Waals surface area contributed by atoms with Crippen LogP contribution in [-0.2, 0) is 11.3 Å². The van der Waals surface area contributed by atoms with E-state index in [0.717, 1.165) is 42.8 Å². The molecule has 5 heteroatoms. The number of benzene rings is 1. The molecule has 0 spiro atoms. The Morgan fingerprint density at radius 3 is 2.64 bits per heavy atom. The van der Waals surface area contributed by atoms with Crippen LogP contribution >= 0.6 is 0 Å². The van der Waals surface area contributed by atoms with Crippen molar-refractivity contribution in [2.24, 2.45) is 0 Å². The van der Waals surface area contributed by atoms with Crippen LogP contribution in [-0.4, -0.2) is 61.6 Å². The molecule has 2 aliphatic rings. The number of carbonyl (C=O) groups is 1. The number of methoxy groups -OCH3 is 1. The molecular weight excluding hydrogens is 316 g/mol. The monoisotopic (exact) mass is 346 g/mol. The fraction of sp³-hybridized carbons (Fsp3) is 0.650. The third-order valence-electron chi connectivity index (χ3n) is 5.57. The molecule has 2 aliphatic heterocycles. The summed E-state index contributed by atoms with van der Waals surface area (Å²) in [5.74, 6) is 0.918. The Hall–Kier alpha value is -1.59. The van der Waals surface area contributed by atoms with Gasteiger partial charge in [-0.25, -0.2) is 0 Å². The number of carbonyl (C=O) groups excluding carboxylic acids is 1. The molecule has 3 rings (SSSR count). The molecule has 1 aromatic carbocycles. The number of rotatable bonds is 6. The summed E-state index contributed by atoms with van der Waals surface area (Å²) < 4.78 is 10.9. The zero-order valence-corrected chi connectivity index (χ0v) is 15.7. The average molecular weight is 346 g/mol. The van der Waals surface area contributed by atoms with Crippen molar-refractivity contribution >= 4 is 5.91 Å². The van der Waals surface area contributed by atoms with Crippen molar-refractivity contribution in [3.63, 3.8) is 0 Å². The van der Waals surface area contributed by atoms with Crippen LogP contribution in [0.4, 0.5) is 0 Å². The second-order valence-electron chi connectivity index (χ2n) is 7.06. The Labute approximate surface area is 150 Å². The molecule has 5 nitrogen and oxygen atoms in total. The highest BCUT2D eigenvalue weighted by atomic mass is 16.5. The molecule has 0 N–H and O–H groups in total. The zero-order chi connectivity index (χ0) is 17.8. The molecule has 0 bridgehead atoms. The summed E-state index contributed by atoms with van der Waals surface area (Å²) in [7, 11) is 3.84. The van der Waals surface area contributed by atoms with Crippen molar-refractivity contribution in [1.82, 2.24) is 9.80 Å². The first-order valence-corrected chi connectivity index (χ1v) is 9.41. The molecule has 138 valence electrons. The molecule has 1 amide bonds. The lowest BCUT2D eigenvalue weighted by Crippen LogP contribution is -2.47. The Kier molecular flexibility index (Phi) is 5.97. The average Bonchev–Trinajstić information content (AvgIpc) is 3.27. The second kappa shape index (κ2) is 8.19. The van der Waals surface area contributed by atoms with Gasteiger partial charge in [0.25, 0.3) is 5.91 Å². The Balaban J connectivity index is 1.79. The molecule has 0 saturated carbocycles. The van der Waals surface area contributed by atoms with Crippen molar-refractivity contribution in [2.75, 3.05) is 33.9 Å². The molecule has 0 aliphatic carbocycles. The van der Waals surface area contributed by atoms with E-state index >= 15 is 0 Å². The maximum Gasteiger partial charge on any atom is 0.254 e. The first-order valence-electron chi connectivity index (χ1n) is 9.41. The lowest BCUT2D eigenvalue weighted by atomic mass is 10.0. The number of likely N-dealkylation sites (N-methyl/N-ethyl adjacent to an activating group) is 1. The highest BCUT2D eigenvalue weighted by Gasteiger charge is 2.38. The summed E-state index contributed by atoms with van der Waals surface area (Å²) in [6.07, 6.45) is 4.65. The van der Waals surface area contributed by atoms with Gasteiger partial charge < -0.3 is 19.3 Å². The first kappa shape index (κ1) is 18.2. The fourth-order valence-corrected chi connectivity index (χ4v) is 4.27. The Morgan fingerprint density at radius 1 is 1.20 bits per heavy atom. The third-order valence-corrected chi connectivity index (χ3v) is 5.57. The van der Waals surface area contributed by atoms with E-state index in [4.69, 9.17) is 9.47 Å². The number of hydrogen-bond acceptors (Lipinski definition) is 4. The van der Waals surface area contributed by atoms with Crippen LogP contribution < -0.4 is 4.74 Å². The van der Waals surface area contributed by atoms with Gasteiger partial charge >= 0.3 is 0 Å². The van der Waals surface area contributed by atoms with E-state index in [1.807, 2.05) is 25.1 Å². The maximum absolute atomic E-state index is 13.2. The van der Waals surface area contributed by atoms with E-state index < -0.39 is 0 Å². The van der Waals surface area contributed by atoms with E-state index in [0.29, 0.717) is 25.3 Å². The lowest BCUT2D eigenvalue weighted by molar-refractivity contribution is 0.0664. The Morgan fingerprint density at radius 2 is 1.96 bits per heavy atom. The van der Waals surface area contributed by atoms with E-state index in [-0.39, 0.29) is 5.91 Å². The predicted molar refractivity (Wildman–Crippen MR) is 98.0 cm³/mol. The SMILES string of the molecule is CCOCc1cc(C(=O)N2CCC[C@H]2[C@H]2CCCN2C)ccc1OC. The molecule has 2 saturated heterocycles. The van der Waals surface area contributed by atoms with Gasteiger partial charge in [-0.3, -0.25) is 4.79 Å². The van der Waals surface area contributed by atoms with Gasteiger partial charge in [0.2, 0.25) is 0 Å². The first-order chi connectivity index (χ1) is 12.2. The standard InChI is InChI=1S/C20H30N2O3/c1-4-25-14-16-13-15(9-10-19(16)24-3)20(23)22-12-6-8-18(22)17-7-5-11-21(17)2/h9-10,13,17-18H,4-8,11-12,14H2,1-3H3/t17-,18+/m1/s1. The van der Waals surface area contributed by atoms with Crippen molar-refractivity contribution in [1.29, 1.82) is 0 Å². The molecule has 0 unspecified atom stereocenters. The van der Waals surface area contributed by atoms with Crippen LogP contribution in [0, 0.1) is 0 Å². The zero-order valence-electron chi connectivity index (χ0n) is 15.7. The minimum absolute atomic E-state index is 0.142. The fourth-order valence-electron chi connectivity index (χ4n) is 4.27. The second-order valence-corrected chi connectivity index (χ2v) is 7.06. The van der Waals surface area contributed by atoms with Crippen LogP contribution in [0.5, 0.6) is 5.75 Å². The van der Waals surface area contributed by atoms with Gasteiger partial charge in [-0.05, 0) is 64.4 Å². The number of hydrogen-bond donors (Lipinski definition) is 0. The van der Waals surface area contributed by atoms with Crippen molar-refractivity contribution in [2.45, 2.75) is 51.3 Å². The van der Waals surface area contributed by atoms with Gasteiger partial charge in [-0.1, -0.05) is 0 Å². The summed E-state index contributed by atoms with van der Waals surface area (Å²) in [4.78, 5) is 17.7. The van der Waals surface area contributed by atoms with Gasteiger partial charge in [-0.15, -0.1) is 0 Å². The molecule has 1 aromatic rings. The Bertz CT molecular complexity index is 605. The van der Waals surface area contributed by atoms with E-state index in [2.05, 4.69) is 16.8 Å². The summed E-state index contributed by atoms with van der Waals surface area (Å²) >= 11 is 0. The number of likely N-dealkylation sites (tertiary alicyclic amines) is 2. The molecule has 0 radical (unpaired) electrons. The summed E-state index contributed by atoms with van der Waals surface area (Å²) in [5, 5.41) is 0. The van der Waals surface area contributed by atoms with Crippen LogP contribution in [0.3, 0.4) is 0 Å². The van der Waals surface area contributed by atoms with Gasteiger partial charge in [0, 0.05) is 36.4 Å². The molecule has 25 heavy (non-hydrogen) atoms. The van der Waals surface area contributed by atoms with Gasteiger partial charge in [-0.2, -0.15) is 0 Å². The summed E-state index contributed by atoms with van der Waals surface area (Å²) in [6, 6.07) is 6.55. The van der Waals surface area contributed by atoms with Crippen LogP contribution in [0.1, 0.15) is 48.5 Å². The van der Waals surface area contributed by atoms with Crippen LogP contribution in [0.15, 0.2) is 18.2 Å². The van der Waals surface area contributed by atoms with Gasteiger partial charge in [0.1, 0.15) is 5.75 Å². The highest BCUT2D eigenvalue weighted by Crippen LogP contribution is 2.31. The van der Waals surface area contributed by atoms with Crippen LogP contribution in [0.25, 0.3) is 0 Å². The quantitative estimate of drug-likeness (QED) is 0.794. The van der Waals surface area contributed by atoms with E-state index in [1.165, 1.54) is 12.8 Å². The smallest absolute Gasteiger partial charge is 0.254 e. The molecule has 2 atom stereocenters. The topological polar surface area (TPSA) is 42.0 Å². The molecule has 0 aromatic heterocycles. The van der Waals surface area contributed by atoms with Crippen LogP contribution in [0.2, 0.25) is 0 Å². The largest absolute Gasteiger partial charge is 0.496 e. The minimum Gasteiger partial charge on any atom is -0.496 e. The molecule has 2 fully saturated rings. The number of amides is 1. The predicted octanol–water partition coefficient (Wildman–Crippen LogP) is 2.93. The minimum atomic E-state index is 0.142. The van der Waals surface area contributed by atoms with Crippen molar-refractivity contribution in [3.05, 3.63) is 29.3 Å². The molecular formula is C20H30N2O3. The molecule has 2 heterocycles. The van der Waals surface area contributed by atoms with Gasteiger partial charge in [0.15, 0.2) is 0 Å².